The van der Waals surface area contributed by atoms with Crippen LogP contribution in [0, 0.1) is 0 Å². The van der Waals surface area contributed by atoms with Gasteiger partial charge in [-0.05, 0) is 0 Å². The summed E-state index contributed by atoms with van der Waals surface area (Å²) in [6.45, 7) is -0.956. The van der Waals surface area contributed by atoms with Gasteiger partial charge in [0, 0.05) is 0 Å². The standard InChI is InChI=1S/C10H16N5O13P3/c11-8-5-9(13-2-12-8)15(3-14-5)10-7(17)6(16)4(26-10)1-25-30(21,22)28-31(23,24)27-29(18,19)20/h2-4,6-7,10,16-17H,1H2,(H,21,22)(H,23,24)(H2,11,12,13)(H2,18,19,20)/t4-,6-,7-,10-/m1/s1/i1+1,4+1,6+1,7+1,10+1. The summed E-state index contributed by atoms with van der Waals surface area (Å²) < 4.78 is 51.9. The third-order valence-electron chi connectivity index (χ3n) is 3.82. The molecule has 3 rings (SSSR count). The topological polar surface area (TPSA) is 279 Å². The fourth-order valence-electron chi connectivity index (χ4n) is 2.62. The van der Waals surface area contributed by atoms with Crippen molar-refractivity contribution in [3.63, 3.8) is 0 Å². The Morgan fingerprint density at radius 2 is 1.71 bits per heavy atom. The fraction of sp³-hybridized carbons (Fsp3) is 0.500. The molecule has 0 saturated carbocycles. The Bertz CT molecular complexity index is 1100. The zero-order valence-electron chi connectivity index (χ0n) is 14.9. The average molecular weight is 512 g/mol. The van der Waals surface area contributed by atoms with Crippen LogP contribution in [0.25, 0.3) is 11.2 Å². The minimum Gasteiger partial charge on any atom is -0.387 e. The Labute approximate surface area is 171 Å². The van der Waals surface area contributed by atoms with Gasteiger partial charge in [-0.3, -0.25) is 9.09 Å². The number of anilines is 1. The average Bonchev–Trinajstić information content (AvgIpc) is 3.13. The van der Waals surface area contributed by atoms with Crippen molar-refractivity contribution in [3.05, 3.63) is 12.7 Å². The van der Waals surface area contributed by atoms with Crippen LogP contribution in [0.2, 0.25) is 0 Å². The van der Waals surface area contributed by atoms with Crippen LogP contribution in [0.1, 0.15) is 6.23 Å². The third-order valence-corrected chi connectivity index (χ3v) is 7.62. The predicted octanol–water partition coefficient (Wildman–Crippen LogP) is -1.63. The number of phosphoric ester groups is 1. The SMILES string of the molecule is Nc1ncnc2c1ncn2[13C@@H]1O[13C@H]([13CH2]OP(=O)(O)OP(=O)(O)OP(=O)(O)O)[13C@@H](O)[13C@H]1O. The van der Waals surface area contributed by atoms with Crippen molar-refractivity contribution < 1.29 is 61.4 Å². The number of phosphoric acid groups is 3. The second-order valence-electron chi connectivity index (χ2n) is 6.02. The first-order valence-electron chi connectivity index (χ1n) is 7.92. The molecule has 1 fully saturated rings. The summed E-state index contributed by atoms with van der Waals surface area (Å²) in [5, 5.41) is 20.4. The molecule has 0 spiro atoms. The highest BCUT2D eigenvalue weighted by molar-refractivity contribution is 7.66. The van der Waals surface area contributed by atoms with Crippen molar-refractivity contribution >= 4 is 40.4 Å². The van der Waals surface area contributed by atoms with Crippen molar-refractivity contribution in [1.82, 2.24) is 19.5 Å². The number of nitrogen functional groups attached to an aromatic ring is 1. The number of ether oxygens (including phenoxy) is 1. The predicted molar refractivity (Wildman–Crippen MR) is 95.5 cm³/mol. The number of nitrogens with two attached hydrogens (primary N) is 1. The van der Waals surface area contributed by atoms with Crippen molar-refractivity contribution in [2.45, 2.75) is 24.5 Å². The Morgan fingerprint density at radius 3 is 2.35 bits per heavy atom. The largest absolute Gasteiger partial charge is 0.490 e. The number of hydrogen-bond donors (Lipinski definition) is 7. The molecule has 21 heteroatoms. The van der Waals surface area contributed by atoms with Crippen LogP contribution < -0.4 is 5.73 Å². The second-order valence-corrected chi connectivity index (χ2v) is 10.4. The summed E-state index contributed by atoms with van der Waals surface area (Å²) in [6, 6.07) is 0. The number of hydrogen-bond acceptors (Lipinski definition) is 13. The first-order chi connectivity index (χ1) is 14.2. The highest BCUT2D eigenvalue weighted by Gasteiger charge is 2.47. The maximum atomic E-state index is 11.8. The summed E-state index contributed by atoms with van der Waals surface area (Å²) in [6.07, 6.45) is -3.69. The first-order valence-corrected chi connectivity index (χ1v) is 12.4. The van der Waals surface area contributed by atoms with E-state index in [-0.39, 0.29) is 17.0 Å². The molecule has 2 unspecified atom stereocenters. The van der Waals surface area contributed by atoms with E-state index in [2.05, 4.69) is 28.1 Å². The third kappa shape index (κ3) is 5.71. The number of aliphatic hydroxyl groups is 2. The fourth-order valence-corrected chi connectivity index (χ4v) is 5.65. The van der Waals surface area contributed by atoms with E-state index in [1.165, 1.54) is 10.9 Å². The molecule has 0 radical (unpaired) electrons. The van der Waals surface area contributed by atoms with Crippen LogP contribution >= 0.6 is 23.5 Å². The van der Waals surface area contributed by atoms with Gasteiger partial charge < -0.3 is 40.3 Å². The molecule has 0 aliphatic carbocycles. The molecule has 3 heterocycles. The van der Waals surface area contributed by atoms with Gasteiger partial charge in [-0.1, -0.05) is 0 Å². The van der Waals surface area contributed by atoms with E-state index in [4.69, 9.17) is 25.2 Å². The van der Waals surface area contributed by atoms with E-state index in [0.717, 1.165) is 6.33 Å². The molecule has 174 valence electrons. The molecule has 1 aliphatic rings. The highest BCUT2D eigenvalue weighted by Crippen LogP contribution is 2.66. The number of imidazole rings is 1. The van der Waals surface area contributed by atoms with Crippen molar-refractivity contribution in [2.24, 2.45) is 0 Å². The van der Waals surface area contributed by atoms with Crippen LogP contribution in [0.15, 0.2) is 12.7 Å². The van der Waals surface area contributed by atoms with Gasteiger partial charge in [0.25, 0.3) is 0 Å². The Balaban J connectivity index is 1.69. The molecule has 2 aromatic heterocycles. The lowest BCUT2D eigenvalue weighted by Gasteiger charge is -2.19. The Morgan fingerprint density at radius 1 is 1.03 bits per heavy atom. The monoisotopic (exact) mass is 512 g/mol. The van der Waals surface area contributed by atoms with E-state index >= 15 is 0 Å². The lowest BCUT2D eigenvalue weighted by atomic mass is 10.5. The molecule has 1 aliphatic heterocycles. The zero-order chi connectivity index (χ0) is 23.2. The molecule has 2 aromatic rings. The van der Waals surface area contributed by atoms with Gasteiger partial charge in [-0.2, -0.15) is 8.62 Å². The van der Waals surface area contributed by atoms with Crippen LogP contribution in [0.5, 0.6) is 0 Å². The number of aliphatic hydroxyl groups excluding tert-OH is 2. The van der Waals surface area contributed by atoms with Crippen molar-refractivity contribution in [3.8, 4) is 0 Å². The van der Waals surface area contributed by atoms with Gasteiger partial charge in [0.2, 0.25) is 0 Å². The Hall–Kier alpha value is -1.36. The quantitative estimate of drug-likeness (QED) is 0.154. The van der Waals surface area contributed by atoms with Crippen molar-refractivity contribution in [1.29, 1.82) is 0 Å². The molecule has 18 nitrogen and oxygen atoms in total. The second kappa shape index (κ2) is 8.53. The van der Waals surface area contributed by atoms with Gasteiger partial charge in [0.15, 0.2) is 17.7 Å². The van der Waals surface area contributed by atoms with E-state index in [9.17, 15) is 28.8 Å². The smallest absolute Gasteiger partial charge is 0.387 e. The lowest BCUT2D eigenvalue weighted by Crippen LogP contribution is -2.33. The molecule has 0 bridgehead atoms. The minimum atomic E-state index is -5.70. The number of nitrogens with zero attached hydrogens (tertiary/aromatic N) is 4. The number of rotatable bonds is 8. The molecular formula is C10H16N5O13P3. The molecule has 6 atom stereocenters. The minimum absolute atomic E-state index is 0.0426. The first kappa shape index (κ1) is 24.3. The van der Waals surface area contributed by atoms with Crippen LogP contribution in [0.3, 0.4) is 0 Å². The van der Waals surface area contributed by atoms with E-state index in [1.54, 1.807) is 0 Å². The van der Waals surface area contributed by atoms with Gasteiger partial charge in [-0.15, -0.1) is 0 Å². The maximum absolute atomic E-state index is 11.8. The Kier molecular flexibility index (Phi) is 6.68. The number of aromatic nitrogens is 4. The van der Waals surface area contributed by atoms with Crippen LogP contribution in [0.4, 0.5) is 5.82 Å². The van der Waals surface area contributed by atoms with E-state index in [1.807, 2.05) is 0 Å². The molecule has 0 aromatic carbocycles. The lowest BCUT2D eigenvalue weighted by molar-refractivity contribution is -0.0503. The highest BCUT2D eigenvalue weighted by atomic mass is 31.3. The van der Waals surface area contributed by atoms with Gasteiger partial charge in [0.1, 0.15) is 30.2 Å². The summed E-state index contributed by atoms with van der Waals surface area (Å²) in [7, 11) is -16.7. The number of fused-ring (bicyclic) bond motifs is 1. The summed E-state index contributed by atoms with van der Waals surface area (Å²) in [5.74, 6) is 0.0426. The van der Waals surface area contributed by atoms with Gasteiger partial charge in [0.05, 0.1) is 12.9 Å². The molecule has 31 heavy (non-hydrogen) atoms. The zero-order valence-corrected chi connectivity index (χ0v) is 17.6. The van der Waals surface area contributed by atoms with E-state index < -0.39 is 54.6 Å². The molecule has 0 amide bonds. The molecule has 1 saturated heterocycles. The van der Waals surface area contributed by atoms with Gasteiger partial charge in [-0.25, -0.2) is 28.6 Å². The maximum Gasteiger partial charge on any atom is 0.490 e. The van der Waals surface area contributed by atoms with Crippen LogP contribution in [-0.4, -0.2) is 74.2 Å². The van der Waals surface area contributed by atoms with Crippen LogP contribution in [-0.2, 0) is 31.6 Å². The summed E-state index contributed by atoms with van der Waals surface area (Å²) >= 11 is 0. The summed E-state index contributed by atoms with van der Waals surface area (Å²) in [4.78, 5) is 47.2. The van der Waals surface area contributed by atoms with E-state index in [0.29, 0.717) is 0 Å². The normalized spacial score (nSPS) is 28.5. The van der Waals surface area contributed by atoms with Crippen molar-refractivity contribution in [2.75, 3.05) is 12.3 Å². The summed E-state index contributed by atoms with van der Waals surface area (Å²) in [5.41, 5.74) is 6.00. The molecule has 8 N–H and O–H groups in total. The van der Waals surface area contributed by atoms with Gasteiger partial charge >= 0.3 is 23.5 Å². The molecular weight excluding hydrogens is 496 g/mol.